The fourth-order valence-corrected chi connectivity index (χ4v) is 3.55. The molecular formula is C21H22ClNO4. The van der Waals surface area contributed by atoms with Crippen LogP contribution in [0.25, 0.3) is 0 Å². The standard InChI is InChI=1S/C21H22ClNO4/c22-16-9-7-15(8-10-16)12-23(13-17-4-3-11-25-17)21(24)20-14-26-18-5-1-2-6-19(18)27-20/h1-2,5-10,17,20H,3-4,11-14H2/t17-,20+/m0/s1. The van der Waals surface area contributed by atoms with Crippen molar-refractivity contribution in [2.75, 3.05) is 19.8 Å². The second-order valence-electron chi connectivity index (χ2n) is 6.84. The summed E-state index contributed by atoms with van der Waals surface area (Å²) < 4.78 is 17.4. The number of amides is 1. The molecule has 2 aromatic carbocycles. The average molecular weight is 388 g/mol. The highest BCUT2D eigenvalue weighted by Gasteiger charge is 2.33. The van der Waals surface area contributed by atoms with Crippen molar-refractivity contribution >= 4 is 17.5 Å². The van der Waals surface area contributed by atoms with Gasteiger partial charge in [-0.3, -0.25) is 4.79 Å². The van der Waals surface area contributed by atoms with Gasteiger partial charge in [-0.2, -0.15) is 0 Å². The number of fused-ring (bicyclic) bond motifs is 1. The molecule has 0 N–H and O–H groups in total. The number of carbonyl (C=O) groups excluding carboxylic acids is 1. The monoisotopic (exact) mass is 387 g/mol. The van der Waals surface area contributed by atoms with Crippen LogP contribution in [0.5, 0.6) is 11.5 Å². The fraction of sp³-hybridized carbons (Fsp3) is 0.381. The zero-order valence-electron chi connectivity index (χ0n) is 15.0. The fourth-order valence-electron chi connectivity index (χ4n) is 3.42. The van der Waals surface area contributed by atoms with Gasteiger partial charge in [-0.05, 0) is 42.7 Å². The number of benzene rings is 2. The third-order valence-corrected chi connectivity index (χ3v) is 5.08. The molecule has 1 fully saturated rings. The summed E-state index contributed by atoms with van der Waals surface area (Å²) in [6, 6.07) is 15.0. The number of hydrogen-bond donors (Lipinski definition) is 0. The van der Waals surface area contributed by atoms with E-state index in [0.29, 0.717) is 29.6 Å². The van der Waals surface area contributed by atoms with Crippen LogP contribution in [-0.4, -0.2) is 42.8 Å². The zero-order chi connectivity index (χ0) is 18.6. The molecule has 6 heteroatoms. The summed E-state index contributed by atoms with van der Waals surface area (Å²) >= 11 is 5.98. The van der Waals surface area contributed by atoms with Gasteiger partial charge in [-0.15, -0.1) is 0 Å². The number of hydrogen-bond acceptors (Lipinski definition) is 4. The first kappa shape index (κ1) is 18.1. The predicted octanol–water partition coefficient (Wildman–Crippen LogP) is 3.69. The SMILES string of the molecule is O=C([C@H]1COc2ccccc2O1)N(Cc1ccc(Cl)cc1)C[C@@H]1CCCO1. The highest BCUT2D eigenvalue weighted by atomic mass is 35.5. The Kier molecular flexibility index (Phi) is 5.50. The molecule has 5 nitrogen and oxygen atoms in total. The van der Waals surface area contributed by atoms with Gasteiger partial charge in [-0.25, -0.2) is 0 Å². The normalized spacial score (nSPS) is 21.1. The van der Waals surface area contributed by atoms with E-state index in [-0.39, 0.29) is 18.6 Å². The van der Waals surface area contributed by atoms with Crippen LogP contribution in [0.4, 0.5) is 0 Å². The van der Waals surface area contributed by atoms with Gasteiger partial charge in [0.05, 0.1) is 6.10 Å². The largest absolute Gasteiger partial charge is 0.485 e. The summed E-state index contributed by atoms with van der Waals surface area (Å²) in [6.45, 7) is 1.99. The maximum absolute atomic E-state index is 13.2. The molecule has 27 heavy (non-hydrogen) atoms. The minimum absolute atomic E-state index is 0.0676. The molecule has 0 aliphatic carbocycles. The van der Waals surface area contributed by atoms with E-state index in [1.54, 1.807) is 4.90 Å². The smallest absolute Gasteiger partial charge is 0.267 e. The van der Waals surface area contributed by atoms with Gasteiger partial charge in [0.15, 0.2) is 11.5 Å². The Morgan fingerprint density at radius 3 is 2.63 bits per heavy atom. The number of ether oxygens (including phenoxy) is 3. The first-order valence-electron chi connectivity index (χ1n) is 9.22. The zero-order valence-corrected chi connectivity index (χ0v) is 15.7. The molecule has 0 spiro atoms. The lowest BCUT2D eigenvalue weighted by Gasteiger charge is -2.32. The topological polar surface area (TPSA) is 48.0 Å². The molecule has 0 bridgehead atoms. The van der Waals surface area contributed by atoms with Crippen molar-refractivity contribution in [2.24, 2.45) is 0 Å². The van der Waals surface area contributed by atoms with Crippen molar-refractivity contribution in [3.05, 3.63) is 59.1 Å². The quantitative estimate of drug-likeness (QED) is 0.785. The van der Waals surface area contributed by atoms with E-state index < -0.39 is 6.10 Å². The first-order chi connectivity index (χ1) is 13.2. The Balaban J connectivity index is 1.50. The lowest BCUT2D eigenvalue weighted by Crippen LogP contribution is -2.48. The van der Waals surface area contributed by atoms with Gasteiger partial charge < -0.3 is 19.1 Å². The Morgan fingerprint density at radius 1 is 1.11 bits per heavy atom. The minimum atomic E-state index is -0.659. The molecule has 2 aliphatic heterocycles. The van der Waals surface area contributed by atoms with Gasteiger partial charge in [0, 0.05) is 24.7 Å². The molecule has 0 aromatic heterocycles. The summed E-state index contributed by atoms with van der Waals surface area (Å²) in [5, 5.41) is 0.677. The molecule has 4 rings (SSSR count). The van der Waals surface area contributed by atoms with Crippen molar-refractivity contribution in [3.63, 3.8) is 0 Å². The number of para-hydroxylation sites is 2. The summed E-state index contributed by atoms with van der Waals surface area (Å²) in [4.78, 5) is 15.0. The molecule has 1 amide bonds. The third-order valence-electron chi connectivity index (χ3n) is 4.83. The van der Waals surface area contributed by atoms with E-state index in [2.05, 4.69) is 0 Å². The molecule has 1 saturated heterocycles. The Morgan fingerprint density at radius 2 is 1.89 bits per heavy atom. The van der Waals surface area contributed by atoms with E-state index in [9.17, 15) is 4.79 Å². The number of rotatable bonds is 5. The highest BCUT2D eigenvalue weighted by molar-refractivity contribution is 6.30. The summed E-state index contributed by atoms with van der Waals surface area (Å²) in [6.07, 6.45) is 1.41. The van der Waals surface area contributed by atoms with E-state index in [1.165, 1.54) is 0 Å². The minimum Gasteiger partial charge on any atom is -0.485 e. The first-order valence-corrected chi connectivity index (χ1v) is 9.60. The van der Waals surface area contributed by atoms with Crippen LogP contribution in [0.2, 0.25) is 5.02 Å². The predicted molar refractivity (Wildman–Crippen MR) is 102 cm³/mol. The van der Waals surface area contributed by atoms with Crippen molar-refractivity contribution in [1.82, 2.24) is 4.90 Å². The number of nitrogens with zero attached hydrogens (tertiary/aromatic N) is 1. The molecular weight excluding hydrogens is 366 g/mol. The number of carbonyl (C=O) groups is 1. The van der Waals surface area contributed by atoms with Crippen LogP contribution in [0.15, 0.2) is 48.5 Å². The van der Waals surface area contributed by atoms with Crippen LogP contribution in [0.1, 0.15) is 18.4 Å². The van der Waals surface area contributed by atoms with Crippen LogP contribution in [0.3, 0.4) is 0 Å². The highest BCUT2D eigenvalue weighted by Crippen LogP contribution is 2.31. The Labute approximate surface area is 163 Å². The second kappa shape index (κ2) is 8.19. The van der Waals surface area contributed by atoms with Gasteiger partial charge in [0.25, 0.3) is 5.91 Å². The molecule has 0 saturated carbocycles. The summed E-state index contributed by atoms with van der Waals surface area (Å²) in [7, 11) is 0. The molecule has 2 aromatic rings. The third kappa shape index (κ3) is 4.37. The maximum Gasteiger partial charge on any atom is 0.267 e. The molecule has 0 radical (unpaired) electrons. The average Bonchev–Trinajstić information content (AvgIpc) is 3.21. The van der Waals surface area contributed by atoms with Gasteiger partial charge in [0.1, 0.15) is 6.61 Å². The molecule has 142 valence electrons. The Bertz CT molecular complexity index is 789. The van der Waals surface area contributed by atoms with E-state index >= 15 is 0 Å². The van der Waals surface area contributed by atoms with Crippen molar-refractivity contribution in [3.8, 4) is 11.5 Å². The maximum atomic E-state index is 13.2. The van der Waals surface area contributed by atoms with E-state index in [4.69, 9.17) is 25.8 Å². The summed E-state index contributed by atoms with van der Waals surface area (Å²) in [5.74, 6) is 1.19. The lowest BCUT2D eigenvalue weighted by molar-refractivity contribution is -0.143. The van der Waals surface area contributed by atoms with Crippen molar-refractivity contribution in [1.29, 1.82) is 0 Å². The van der Waals surface area contributed by atoms with Crippen molar-refractivity contribution < 1.29 is 19.0 Å². The Hall–Kier alpha value is -2.24. The van der Waals surface area contributed by atoms with E-state index in [1.807, 2.05) is 48.5 Å². The van der Waals surface area contributed by atoms with Gasteiger partial charge in [0.2, 0.25) is 6.10 Å². The lowest BCUT2D eigenvalue weighted by atomic mass is 10.1. The second-order valence-corrected chi connectivity index (χ2v) is 7.28. The molecule has 2 heterocycles. The van der Waals surface area contributed by atoms with E-state index in [0.717, 1.165) is 25.0 Å². The van der Waals surface area contributed by atoms with Crippen LogP contribution >= 0.6 is 11.6 Å². The van der Waals surface area contributed by atoms with Crippen LogP contribution < -0.4 is 9.47 Å². The summed E-state index contributed by atoms with van der Waals surface area (Å²) in [5.41, 5.74) is 1.02. The molecule has 2 atom stereocenters. The molecule has 2 aliphatic rings. The van der Waals surface area contributed by atoms with Crippen LogP contribution in [0, 0.1) is 0 Å². The molecule has 0 unspecified atom stereocenters. The van der Waals surface area contributed by atoms with Crippen molar-refractivity contribution in [2.45, 2.75) is 31.6 Å². The van der Waals surface area contributed by atoms with Crippen LogP contribution in [-0.2, 0) is 16.1 Å². The number of halogens is 1. The van der Waals surface area contributed by atoms with Gasteiger partial charge in [-0.1, -0.05) is 35.9 Å². The van der Waals surface area contributed by atoms with Gasteiger partial charge >= 0.3 is 0 Å².